The molecule has 1 saturated carbocycles. The quantitative estimate of drug-likeness (QED) is 0.888. The van der Waals surface area contributed by atoms with Crippen LogP contribution >= 0.6 is 0 Å². The van der Waals surface area contributed by atoms with Crippen LogP contribution in [-0.2, 0) is 6.42 Å². The summed E-state index contributed by atoms with van der Waals surface area (Å²) in [6.07, 6.45) is 6.21. The van der Waals surface area contributed by atoms with Gasteiger partial charge in [-0.15, -0.1) is 0 Å². The highest BCUT2D eigenvalue weighted by atomic mass is 16.5. The molecule has 0 spiro atoms. The zero-order valence-corrected chi connectivity index (χ0v) is 11.6. The molecule has 3 nitrogen and oxygen atoms in total. The summed E-state index contributed by atoms with van der Waals surface area (Å²) in [4.78, 5) is 2.38. The minimum Gasteiger partial charge on any atom is -0.493 e. The lowest BCUT2D eigenvalue weighted by Gasteiger charge is -2.35. The molecule has 1 fully saturated rings. The monoisotopic (exact) mass is 261 g/mol. The maximum Gasteiger partial charge on any atom is 0.122 e. The lowest BCUT2D eigenvalue weighted by atomic mass is 9.92. The highest BCUT2D eigenvalue weighted by molar-refractivity contribution is 5.54. The van der Waals surface area contributed by atoms with E-state index in [0.29, 0.717) is 6.04 Å². The molecule has 1 aromatic carbocycles. The summed E-state index contributed by atoms with van der Waals surface area (Å²) in [6.45, 7) is 0.850. The fourth-order valence-electron chi connectivity index (χ4n) is 3.22. The molecule has 1 aliphatic heterocycles. The molecule has 0 atom stereocenters. The van der Waals surface area contributed by atoms with Crippen molar-refractivity contribution in [2.45, 2.75) is 50.7 Å². The van der Waals surface area contributed by atoms with Gasteiger partial charge in [-0.25, -0.2) is 0 Å². The van der Waals surface area contributed by atoms with E-state index in [9.17, 15) is 5.11 Å². The predicted molar refractivity (Wildman–Crippen MR) is 76.9 cm³/mol. The fourth-order valence-corrected chi connectivity index (χ4v) is 3.22. The number of hydrogen-bond donors (Lipinski definition) is 1. The molecule has 0 unspecified atom stereocenters. The SMILES string of the molecule is CN(c1ccc2c(c1)CCCO2)C1CCC(O)CC1. The number of aliphatic hydroxyl groups is 1. The summed E-state index contributed by atoms with van der Waals surface area (Å²) in [5.74, 6) is 1.06. The molecular weight excluding hydrogens is 238 g/mol. The van der Waals surface area contributed by atoms with Crippen LogP contribution in [0.3, 0.4) is 0 Å². The number of anilines is 1. The topological polar surface area (TPSA) is 32.7 Å². The normalized spacial score (nSPS) is 26.4. The minimum atomic E-state index is -0.0819. The van der Waals surface area contributed by atoms with Crippen molar-refractivity contribution in [2.75, 3.05) is 18.6 Å². The minimum absolute atomic E-state index is 0.0819. The van der Waals surface area contributed by atoms with Crippen LogP contribution in [0.4, 0.5) is 5.69 Å². The average Bonchev–Trinajstić information content (AvgIpc) is 2.47. The summed E-state index contributed by atoms with van der Waals surface area (Å²) >= 11 is 0. The summed E-state index contributed by atoms with van der Waals surface area (Å²) in [5.41, 5.74) is 2.62. The second kappa shape index (κ2) is 5.41. The number of rotatable bonds is 2. The van der Waals surface area contributed by atoms with Crippen LogP contribution in [0.1, 0.15) is 37.7 Å². The molecule has 3 heteroatoms. The average molecular weight is 261 g/mol. The third-order valence-electron chi connectivity index (χ3n) is 4.51. The predicted octanol–water partition coefficient (Wildman–Crippen LogP) is 2.75. The fraction of sp³-hybridized carbons (Fsp3) is 0.625. The zero-order chi connectivity index (χ0) is 13.2. The summed E-state index contributed by atoms with van der Waals surface area (Å²) in [7, 11) is 2.17. The van der Waals surface area contributed by atoms with Gasteiger partial charge < -0.3 is 14.7 Å². The van der Waals surface area contributed by atoms with Crippen molar-refractivity contribution in [1.29, 1.82) is 0 Å². The van der Waals surface area contributed by atoms with Crippen molar-refractivity contribution in [3.05, 3.63) is 23.8 Å². The molecule has 3 rings (SSSR count). The first kappa shape index (κ1) is 12.8. The summed E-state index contributed by atoms with van der Waals surface area (Å²) in [5, 5.41) is 9.60. The first-order chi connectivity index (χ1) is 9.24. The molecule has 2 aliphatic rings. The maximum absolute atomic E-state index is 9.60. The van der Waals surface area contributed by atoms with Gasteiger partial charge >= 0.3 is 0 Å². The van der Waals surface area contributed by atoms with E-state index in [1.54, 1.807) is 0 Å². The Kier molecular flexibility index (Phi) is 3.65. The Bertz CT molecular complexity index is 438. The van der Waals surface area contributed by atoms with Crippen LogP contribution in [0.25, 0.3) is 0 Å². The number of aryl methyl sites for hydroxylation is 1. The van der Waals surface area contributed by atoms with E-state index in [1.165, 1.54) is 11.3 Å². The Balaban J connectivity index is 1.74. The van der Waals surface area contributed by atoms with Gasteiger partial charge in [0.05, 0.1) is 12.7 Å². The van der Waals surface area contributed by atoms with Gasteiger partial charge in [0.2, 0.25) is 0 Å². The van der Waals surface area contributed by atoms with E-state index in [2.05, 4.69) is 30.1 Å². The number of nitrogens with zero attached hydrogens (tertiary/aromatic N) is 1. The highest BCUT2D eigenvalue weighted by Gasteiger charge is 2.23. The number of hydrogen-bond acceptors (Lipinski definition) is 3. The standard InChI is InChI=1S/C16H23NO2/c1-17(13-4-7-15(18)8-5-13)14-6-9-16-12(11-14)3-2-10-19-16/h6,9,11,13,15,18H,2-5,7-8,10H2,1H3. The molecule has 1 aliphatic carbocycles. The number of benzene rings is 1. The molecular formula is C16H23NO2. The Morgan fingerprint density at radius 1 is 1.21 bits per heavy atom. The van der Waals surface area contributed by atoms with Gasteiger partial charge in [0.15, 0.2) is 0 Å². The van der Waals surface area contributed by atoms with E-state index >= 15 is 0 Å². The molecule has 1 aromatic rings. The van der Waals surface area contributed by atoms with Gasteiger partial charge in [0, 0.05) is 18.8 Å². The molecule has 0 amide bonds. The molecule has 19 heavy (non-hydrogen) atoms. The first-order valence-electron chi connectivity index (χ1n) is 7.40. The van der Waals surface area contributed by atoms with Gasteiger partial charge in [-0.3, -0.25) is 0 Å². The largest absolute Gasteiger partial charge is 0.493 e. The van der Waals surface area contributed by atoms with Gasteiger partial charge in [-0.2, -0.15) is 0 Å². The summed E-state index contributed by atoms with van der Waals surface area (Å²) in [6, 6.07) is 7.11. The second-order valence-electron chi connectivity index (χ2n) is 5.82. The van der Waals surface area contributed by atoms with Crippen LogP contribution < -0.4 is 9.64 Å². The molecule has 0 saturated heterocycles. The number of aliphatic hydroxyl groups excluding tert-OH is 1. The van der Waals surface area contributed by atoms with Crippen LogP contribution in [0.15, 0.2) is 18.2 Å². The molecule has 1 N–H and O–H groups in total. The maximum atomic E-state index is 9.60. The van der Waals surface area contributed by atoms with Crippen LogP contribution in [0.5, 0.6) is 5.75 Å². The molecule has 0 radical (unpaired) electrons. The smallest absolute Gasteiger partial charge is 0.122 e. The number of fused-ring (bicyclic) bond motifs is 1. The second-order valence-corrected chi connectivity index (χ2v) is 5.82. The molecule has 0 aromatic heterocycles. The molecule has 1 heterocycles. The van der Waals surface area contributed by atoms with Crippen molar-refractivity contribution < 1.29 is 9.84 Å². The molecule has 0 bridgehead atoms. The number of ether oxygens (including phenoxy) is 1. The Morgan fingerprint density at radius 3 is 2.79 bits per heavy atom. The van der Waals surface area contributed by atoms with Crippen LogP contribution in [0.2, 0.25) is 0 Å². The van der Waals surface area contributed by atoms with Crippen LogP contribution in [0, 0.1) is 0 Å². The first-order valence-corrected chi connectivity index (χ1v) is 7.40. The van der Waals surface area contributed by atoms with Crippen molar-refractivity contribution in [1.82, 2.24) is 0 Å². The van der Waals surface area contributed by atoms with Gasteiger partial charge in [-0.1, -0.05) is 0 Å². The Hall–Kier alpha value is -1.22. The zero-order valence-electron chi connectivity index (χ0n) is 11.6. The summed E-state index contributed by atoms with van der Waals surface area (Å²) < 4.78 is 5.67. The van der Waals surface area contributed by atoms with Gasteiger partial charge in [0.25, 0.3) is 0 Å². The Labute approximate surface area is 115 Å². The van der Waals surface area contributed by atoms with Gasteiger partial charge in [0.1, 0.15) is 5.75 Å². The highest BCUT2D eigenvalue weighted by Crippen LogP contribution is 2.32. The van der Waals surface area contributed by atoms with Crippen LogP contribution in [-0.4, -0.2) is 30.9 Å². The lowest BCUT2D eigenvalue weighted by molar-refractivity contribution is 0.122. The van der Waals surface area contributed by atoms with Gasteiger partial charge in [-0.05, 0) is 62.3 Å². The van der Waals surface area contributed by atoms with Crippen molar-refractivity contribution >= 4 is 5.69 Å². The molecule has 104 valence electrons. The van der Waals surface area contributed by atoms with E-state index in [-0.39, 0.29) is 6.10 Å². The van der Waals surface area contributed by atoms with E-state index in [0.717, 1.165) is 50.9 Å². The van der Waals surface area contributed by atoms with Crippen molar-refractivity contribution in [2.24, 2.45) is 0 Å². The lowest BCUT2D eigenvalue weighted by Crippen LogP contribution is -2.36. The Morgan fingerprint density at radius 2 is 2.00 bits per heavy atom. The van der Waals surface area contributed by atoms with Crippen molar-refractivity contribution in [3.63, 3.8) is 0 Å². The van der Waals surface area contributed by atoms with Crippen molar-refractivity contribution in [3.8, 4) is 5.75 Å². The van der Waals surface area contributed by atoms with E-state index in [1.807, 2.05) is 0 Å². The van der Waals surface area contributed by atoms with E-state index < -0.39 is 0 Å². The third-order valence-corrected chi connectivity index (χ3v) is 4.51. The van der Waals surface area contributed by atoms with E-state index in [4.69, 9.17) is 4.74 Å². The third kappa shape index (κ3) is 2.71.